The van der Waals surface area contributed by atoms with Crippen molar-refractivity contribution in [1.82, 2.24) is 16.0 Å². The van der Waals surface area contributed by atoms with Gasteiger partial charge in [0.15, 0.2) is 0 Å². The molecule has 0 heterocycles. The van der Waals surface area contributed by atoms with Crippen LogP contribution in [0, 0.1) is 5.92 Å². The Morgan fingerprint density at radius 1 is 0.926 bits per heavy atom. The minimum Gasteiger partial charge on any atom is -0.481 e. The molecule has 27 heavy (non-hydrogen) atoms. The van der Waals surface area contributed by atoms with Gasteiger partial charge in [0.2, 0.25) is 17.7 Å². The van der Waals surface area contributed by atoms with Crippen LogP contribution in [0.5, 0.6) is 0 Å². The molecule has 0 fully saturated rings. The molecule has 0 aromatic rings. The molecule has 11 nitrogen and oxygen atoms in total. The zero-order chi connectivity index (χ0) is 21.1. The van der Waals surface area contributed by atoms with Crippen molar-refractivity contribution in [2.75, 3.05) is 12.3 Å². The molecular formula is C15H26N4O7S. The van der Waals surface area contributed by atoms with Crippen molar-refractivity contribution in [3.8, 4) is 0 Å². The quantitative estimate of drug-likeness (QED) is 0.180. The van der Waals surface area contributed by atoms with Gasteiger partial charge in [-0.1, -0.05) is 13.8 Å². The Hall–Kier alpha value is -2.34. The highest BCUT2D eigenvalue weighted by Crippen LogP contribution is 2.07. The first-order chi connectivity index (χ1) is 12.5. The summed E-state index contributed by atoms with van der Waals surface area (Å²) in [5.74, 6) is -5.20. The highest BCUT2D eigenvalue weighted by atomic mass is 32.1. The number of thiol groups is 1. The summed E-state index contributed by atoms with van der Waals surface area (Å²) < 4.78 is 0. The van der Waals surface area contributed by atoms with Crippen LogP contribution >= 0.6 is 12.6 Å². The first-order valence-corrected chi connectivity index (χ1v) is 8.80. The zero-order valence-electron chi connectivity index (χ0n) is 15.1. The van der Waals surface area contributed by atoms with Gasteiger partial charge in [0.25, 0.3) is 0 Å². The number of aliphatic carboxylic acids is 2. The van der Waals surface area contributed by atoms with Crippen LogP contribution in [0.2, 0.25) is 0 Å². The molecule has 0 bridgehead atoms. The lowest BCUT2D eigenvalue weighted by molar-refractivity contribution is -0.142. The molecule has 154 valence electrons. The Morgan fingerprint density at radius 3 is 1.85 bits per heavy atom. The smallest absolute Gasteiger partial charge is 0.327 e. The van der Waals surface area contributed by atoms with Gasteiger partial charge in [-0.25, -0.2) is 4.79 Å². The van der Waals surface area contributed by atoms with Gasteiger partial charge >= 0.3 is 11.9 Å². The normalized spacial score (nSPS) is 14.0. The summed E-state index contributed by atoms with van der Waals surface area (Å²) in [6, 6.07) is -3.80. The van der Waals surface area contributed by atoms with E-state index < -0.39 is 60.8 Å². The fourth-order valence-electron chi connectivity index (χ4n) is 2.07. The van der Waals surface area contributed by atoms with E-state index in [1.54, 1.807) is 13.8 Å². The third kappa shape index (κ3) is 9.80. The third-order valence-corrected chi connectivity index (χ3v) is 3.72. The van der Waals surface area contributed by atoms with E-state index in [0.717, 1.165) is 0 Å². The van der Waals surface area contributed by atoms with Crippen molar-refractivity contribution in [3.63, 3.8) is 0 Å². The second kappa shape index (κ2) is 12.1. The molecule has 3 unspecified atom stereocenters. The molecule has 0 radical (unpaired) electrons. The summed E-state index contributed by atoms with van der Waals surface area (Å²) in [6.07, 6.45) is -0.539. The molecule has 0 saturated heterocycles. The lowest BCUT2D eigenvalue weighted by atomic mass is 10.0. The van der Waals surface area contributed by atoms with Gasteiger partial charge in [0, 0.05) is 5.75 Å². The average Bonchev–Trinajstić information content (AvgIpc) is 2.56. The van der Waals surface area contributed by atoms with E-state index >= 15 is 0 Å². The molecule has 0 saturated carbocycles. The predicted molar refractivity (Wildman–Crippen MR) is 98.0 cm³/mol. The van der Waals surface area contributed by atoms with Gasteiger partial charge in [-0.15, -0.1) is 0 Å². The van der Waals surface area contributed by atoms with Crippen molar-refractivity contribution in [3.05, 3.63) is 0 Å². The van der Waals surface area contributed by atoms with Crippen LogP contribution in [0.4, 0.5) is 0 Å². The minimum absolute atomic E-state index is 0.0445. The number of hydrogen-bond donors (Lipinski definition) is 7. The SMILES string of the molecule is CC(C)CC(NC(=O)C(CC(=O)O)NC(=O)CN)C(=O)NC(CS)C(=O)O. The number of carboxylic acid groups (broad SMARTS) is 2. The Kier molecular flexibility index (Phi) is 11.1. The van der Waals surface area contributed by atoms with Gasteiger partial charge in [-0.05, 0) is 12.3 Å². The first-order valence-electron chi connectivity index (χ1n) is 8.17. The molecule has 3 atom stereocenters. The van der Waals surface area contributed by atoms with Crippen molar-refractivity contribution in [2.24, 2.45) is 11.7 Å². The number of nitrogens with one attached hydrogen (secondary N) is 3. The summed E-state index contributed by atoms with van der Waals surface area (Å²) in [4.78, 5) is 58.1. The highest BCUT2D eigenvalue weighted by Gasteiger charge is 2.30. The largest absolute Gasteiger partial charge is 0.481 e. The fraction of sp³-hybridized carbons (Fsp3) is 0.667. The fourth-order valence-corrected chi connectivity index (χ4v) is 2.32. The van der Waals surface area contributed by atoms with E-state index in [9.17, 15) is 24.0 Å². The number of carboxylic acids is 2. The van der Waals surface area contributed by atoms with Crippen LogP contribution in [0.3, 0.4) is 0 Å². The zero-order valence-corrected chi connectivity index (χ0v) is 16.0. The van der Waals surface area contributed by atoms with Crippen molar-refractivity contribution < 1.29 is 34.2 Å². The van der Waals surface area contributed by atoms with Gasteiger partial charge in [0.1, 0.15) is 18.1 Å². The van der Waals surface area contributed by atoms with Crippen LogP contribution < -0.4 is 21.7 Å². The maximum Gasteiger partial charge on any atom is 0.327 e. The van der Waals surface area contributed by atoms with E-state index in [-0.39, 0.29) is 18.1 Å². The Bertz CT molecular complexity index is 570. The van der Waals surface area contributed by atoms with Gasteiger partial charge < -0.3 is 31.9 Å². The molecule has 0 aliphatic heterocycles. The van der Waals surface area contributed by atoms with E-state index in [0.29, 0.717) is 0 Å². The molecule has 3 amide bonds. The summed E-state index contributed by atoms with van der Waals surface area (Å²) in [5.41, 5.74) is 5.15. The predicted octanol–water partition coefficient (Wildman–Crippen LogP) is -2.07. The van der Waals surface area contributed by atoms with Crippen LogP contribution in [0.1, 0.15) is 26.7 Å². The number of carbonyl (C=O) groups is 5. The number of amides is 3. The van der Waals surface area contributed by atoms with E-state index in [2.05, 4.69) is 28.6 Å². The number of carbonyl (C=O) groups excluding carboxylic acids is 3. The van der Waals surface area contributed by atoms with Crippen molar-refractivity contribution in [2.45, 2.75) is 44.8 Å². The lowest BCUT2D eigenvalue weighted by Gasteiger charge is -2.24. The van der Waals surface area contributed by atoms with Crippen LogP contribution in [0.25, 0.3) is 0 Å². The second-order valence-electron chi connectivity index (χ2n) is 6.19. The van der Waals surface area contributed by atoms with Crippen LogP contribution in [-0.2, 0) is 24.0 Å². The molecule has 12 heteroatoms. The van der Waals surface area contributed by atoms with Crippen molar-refractivity contribution in [1.29, 1.82) is 0 Å². The van der Waals surface area contributed by atoms with Gasteiger partial charge in [-0.2, -0.15) is 12.6 Å². The Morgan fingerprint density at radius 2 is 1.44 bits per heavy atom. The average molecular weight is 406 g/mol. The maximum absolute atomic E-state index is 12.4. The van der Waals surface area contributed by atoms with E-state index in [1.807, 2.05) is 0 Å². The number of rotatable bonds is 12. The minimum atomic E-state index is -1.43. The standard InChI is InChI=1S/C15H26N4O7S/c1-7(2)3-8(13(23)19-10(6-27)15(25)26)18-14(24)9(4-12(21)22)17-11(20)5-16/h7-10,27H,3-6,16H2,1-2H3,(H,17,20)(H,18,24)(H,19,23)(H,21,22)(H,25,26). The van der Waals surface area contributed by atoms with Gasteiger partial charge in [-0.3, -0.25) is 19.2 Å². The molecule has 0 aromatic carbocycles. The topological polar surface area (TPSA) is 188 Å². The molecule has 0 spiro atoms. The van der Waals surface area contributed by atoms with Crippen LogP contribution in [0.15, 0.2) is 0 Å². The molecule has 0 aliphatic carbocycles. The number of nitrogens with two attached hydrogens (primary N) is 1. The molecule has 0 rings (SSSR count). The van der Waals surface area contributed by atoms with E-state index in [1.165, 1.54) is 0 Å². The van der Waals surface area contributed by atoms with Crippen LogP contribution in [-0.4, -0.2) is 70.3 Å². The highest BCUT2D eigenvalue weighted by molar-refractivity contribution is 7.80. The third-order valence-electron chi connectivity index (χ3n) is 3.35. The second-order valence-corrected chi connectivity index (χ2v) is 6.56. The Labute approximate surface area is 161 Å². The summed E-state index contributed by atoms with van der Waals surface area (Å²) in [6.45, 7) is 3.12. The van der Waals surface area contributed by atoms with E-state index in [4.69, 9.17) is 15.9 Å². The van der Waals surface area contributed by atoms with Crippen molar-refractivity contribution >= 4 is 42.3 Å². The summed E-state index contributed by atoms with van der Waals surface area (Å²) in [7, 11) is 0. The molecule has 0 aromatic heterocycles. The summed E-state index contributed by atoms with van der Waals surface area (Å²) >= 11 is 3.85. The number of hydrogen-bond acceptors (Lipinski definition) is 7. The molecular weight excluding hydrogens is 380 g/mol. The Balaban J connectivity index is 5.29. The lowest BCUT2D eigenvalue weighted by Crippen LogP contribution is -2.57. The maximum atomic E-state index is 12.4. The van der Waals surface area contributed by atoms with Gasteiger partial charge in [0.05, 0.1) is 13.0 Å². The molecule has 0 aliphatic rings. The molecule has 7 N–H and O–H groups in total. The monoisotopic (exact) mass is 406 g/mol. The first kappa shape index (κ1) is 24.7. The summed E-state index contributed by atoms with van der Waals surface area (Å²) in [5, 5.41) is 24.7.